The predicted molar refractivity (Wildman–Crippen MR) is 92.3 cm³/mol. The lowest BCUT2D eigenvalue weighted by Crippen LogP contribution is -2.11. The van der Waals surface area contributed by atoms with Gasteiger partial charge in [-0.05, 0) is 60.5 Å². The molecular formula is C17H15ClN2O2S. The van der Waals surface area contributed by atoms with Crippen LogP contribution in [0.1, 0.15) is 5.56 Å². The first-order valence-corrected chi connectivity index (χ1v) is 8.85. The highest BCUT2D eigenvalue weighted by molar-refractivity contribution is 7.89. The molecule has 0 aliphatic rings. The molecule has 3 rings (SSSR count). The average Bonchev–Trinajstić information content (AvgIpc) is 2.89. The Labute approximate surface area is 140 Å². The third-order valence-electron chi connectivity index (χ3n) is 3.54. The fraction of sp³-hybridized carbons (Fsp3) is 0.0588. The Bertz CT molecular complexity index is 943. The number of benzene rings is 2. The molecule has 0 saturated carbocycles. The predicted octanol–water partition coefficient (Wildman–Crippen LogP) is 3.75. The molecule has 0 aliphatic carbocycles. The number of nitrogens with zero attached hydrogens (tertiary/aromatic N) is 1. The Morgan fingerprint density at radius 1 is 1.00 bits per heavy atom. The van der Waals surface area contributed by atoms with Crippen LogP contribution in [0.5, 0.6) is 0 Å². The first kappa shape index (κ1) is 15.8. The second kappa shape index (κ2) is 5.85. The standard InChI is InChI=1S/C17H15ClN2O2S/c1-12-10-17(13-2-8-16(9-3-13)23(19,21)22)20(11-12)15-6-4-14(18)5-7-15/h2-11H,1H3,(H2,19,21,22). The normalized spacial score (nSPS) is 11.6. The molecule has 0 radical (unpaired) electrons. The van der Waals surface area contributed by atoms with Crippen LogP contribution >= 0.6 is 11.6 Å². The number of hydrogen-bond acceptors (Lipinski definition) is 2. The summed E-state index contributed by atoms with van der Waals surface area (Å²) in [5.74, 6) is 0. The molecule has 0 amide bonds. The van der Waals surface area contributed by atoms with Crippen molar-refractivity contribution in [2.24, 2.45) is 5.14 Å². The van der Waals surface area contributed by atoms with E-state index in [4.69, 9.17) is 16.7 Å². The first-order chi connectivity index (χ1) is 10.8. The molecule has 6 heteroatoms. The Balaban J connectivity index is 2.09. The first-order valence-electron chi connectivity index (χ1n) is 6.93. The quantitative estimate of drug-likeness (QED) is 0.784. The van der Waals surface area contributed by atoms with Gasteiger partial charge in [-0.25, -0.2) is 13.6 Å². The Morgan fingerprint density at radius 2 is 1.61 bits per heavy atom. The number of aromatic nitrogens is 1. The van der Waals surface area contributed by atoms with Gasteiger partial charge in [0.2, 0.25) is 10.0 Å². The Morgan fingerprint density at radius 3 is 2.17 bits per heavy atom. The maximum atomic E-state index is 11.4. The van der Waals surface area contributed by atoms with E-state index >= 15 is 0 Å². The van der Waals surface area contributed by atoms with Crippen LogP contribution in [-0.2, 0) is 10.0 Å². The zero-order valence-corrected chi connectivity index (χ0v) is 14.0. The topological polar surface area (TPSA) is 65.1 Å². The smallest absolute Gasteiger partial charge is 0.238 e. The van der Waals surface area contributed by atoms with Crippen LogP contribution in [0, 0.1) is 6.92 Å². The summed E-state index contributed by atoms with van der Waals surface area (Å²) in [7, 11) is -3.69. The van der Waals surface area contributed by atoms with Crippen LogP contribution in [0.25, 0.3) is 16.9 Å². The van der Waals surface area contributed by atoms with E-state index in [2.05, 4.69) is 0 Å². The average molecular weight is 347 g/mol. The summed E-state index contributed by atoms with van der Waals surface area (Å²) in [6.07, 6.45) is 2.02. The van der Waals surface area contributed by atoms with Crippen molar-refractivity contribution in [3.05, 3.63) is 71.4 Å². The number of halogens is 1. The third kappa shape index (κ3) is 3.32. The number of nitrogens with two attached hydrogens (primary N) is 1. The van der Waals surface area contributed by atoms with E-state index in [1.54, 1.807) is 12.1 Å². The van der Waals surface area contributed by atoms with E-state index in [0.29, 0.717) is 5.02 Å². The van der Waals surface area contributed by atoms with E-state index < -0.39 is 10.0 Å². The summed E-state index contributed by atoms with van der Waals surface area (Å²) >= 11 is 5.94. The highest BCUT2D eigenvalue weighted by Crippen LogP contribution is 2.27. The van der Waals surface area contributed by atoms with Crippen LogP contribution in [0.15, 0.2) is 65.7 Å². The number of sulfonamides is 1. The van der Waals surface area contributed by atoms with E-state index in [9.17, 15) is 8.42 Å². The van der Waals surface area contributed by atoms with Crippen LogP contribution in [-0.4, -0.2) is 13.0 Å². The number of primary sulfonamides is 1. The highest BCUT2D eigenvalue weighted by atomic mass is 35.5. The molecule has 3 aromatic rings. The minimum Gasteiger partial charge on any atom is -0.316 e. The van der Waals surface area contributed by atoms with Gasteiger partial charge >= 0.3 is 0 Å². The van der Waals surface area contributed by atoms with Gasteiger partial charge in [0.1, 0.15) is 0 Å². The lowest BCUT2D eigenvalue weighted by molar-refractivity contribution is 0.598. The van der Waals surface area contributed by atoms with Gasteiger partial charge < -0.3 is 4.57 Å². The van der Waals surface area contributed by atoms with Crippen LogP contribution < -0.4 is 5.14 Å². The van der Waals surface area contributed by atoms with Gasteiger partial charge in [-0.15, -0.1) is 0 Å². The molecule has 0 spiro atoms. The second-order valence-corrected chi connectivity index (χ2v) is 7.32. The fourth-order valence-corrected chi connectivity index (χ4v) is 3.09. The summed E-state index contributed by atoms with van der Waals surface area (Å²) < 4.78 is 24.8. The molecule has 1 aromatic heterocycles. The summed E-state index contributed by atoms with van der Waals surface area (Å²) in [5.41, 5.74) is 3.95. The fourth-order valence-electron chi connectivity index (χ4n) is 2.45. The maximum Gasteiger partial charge on any atom is 0.238 e. The molecule has 23 heavy (non-hydrogen) atoms. The van der Waals surface area contributed by atoms with Gasteiger partial charge in [0.15, 0.2) is 0 Å². The lowest BCUT2D eigenvalue weighted by Gasteiger charge is -2.10. The third-order valence-corrected chi connectivity index (χ3v) is 4.72. The zero-order chi connectivity index (χ0) is 16.6. The zero-order valence-electron chi connectivity index (χ0n) is 12.4. The summed E-state index contributed by atoms with van der Waals surface area (Å²) in [6.45, 7) is 2.01. The molecule has 0 saturated heterocycles. The minimum atomic E-state index is -3.69. The van der Waals surface area contributed by atoms with Gasteiger partial charge in [-0.2, -0.15) is 0 Å². The van der Waals surface area contributed by atoms with E-state index in [0.717, 1.165) is 22.5 Å². The van der Waals surface area contributed by atoms with Crippen LogP contribution in [0.4, 0.5) is 0 Å². The van der Waals surface area contributed by atoms with E-state index in [-0.39, 0.29) is 4.90 Å². The second-order valence-electron chi connectivity index (χ2n) is 5.32. The molecular weight excluding hydrogens is 332 g/mol. The molecule has 0 unspecified atom stereocenters. The largest absolute Gasteiger partial charge is 0.316 e. The minimum absolute atomic E-state index is 0.0996. The Kier molecular flexibility index (Phi) is 4.02. The molecule has 4 nitrogen and oxygen atoms in total. The van der Waals surface area contributed by atoms with Crippen LogP contribution in [0.2, 0.25) is 5.02 Å². The van der Waals surface area contributed by atoms with Crippen molar-refractivity contribution in [3.63, 3.8) is 0 Å². The summed E-state index contributed by atoms with van der Waals surface area (Å²) in [6, 6.07) is 16.1. The molecule has 2 N–H and O–H groups in total. The summed E-state index contributed by atoms with van der Waals surface area (Å²) in [5, 5.41) is 5.82. The highest BCUT2D eigenvalue weighted by Gasteiger charge is 2.11. The molecule has 2 aromatic carbocycles. The van der Waals surface area contributed by atoms with Gasteiger partial charge in [0.05, 0.1) is 10.6 Å². The monoisotopic (exact) mass is 346 g/mol. The van der Waals surface area contributed by atoms with Crippen molar-refractivity contribution in [1.29, 1.82) is 0 Å². The molecule has 118 valence electrons. The van der Waals surface area contributed by atoms with Crippen molar-refractivity contribution >= 4 is 21.6 Å². The van der Waals surface area contributed by atoms with Gasteiger partial charge in [-0.1, -0.05) is 23.7 Å². The van der Waals surface area contributed by atoms with Gasteiger partial charge in [0, 0.05) is 16.9 Å². The van der Waals surface area contributed by atoms with Gasteiger partial charge in [0.25, 0.3) is 0 Å². The molecule has 0 fully saturated rings. The maximum absolute atomic E-state index is 11.4. The number of rotatable bonds is 3. The SMILES string of the molecule is Cc1cc(-c2ccc(S(N)(=O)=O)cc2)n(-c2ccc(Cl)cc2)c1. The molecule has 0 atom stereocenters. The number of hydrogen-bond donors (Lipinski definition) is 1. The van der Waals surface area contributed by atoms with Crippen molar-refractivity contribution in [2.75, 3.05) is 0 Å². The molecule has 0 aliphatic heterocycles. The van der Waals surface area contributed by atoms with E-state index in [1.807, 2.05) is 48.0 Å². The lowest BCUT2D eigenvalue weighted by atomic mass is 10.1. The van der Waals surface area contributed by atoms with Crippen molar-refractivity contribution in [2.45, 2.75) is 11.8 Å². The van der Waals surface area contributed by atoms with Crippen molar-refractivity contribution in [3.8, 4) is 16.9 Å². The van der Waals surface area contributed by atoms with Gasteiger partial charge in [-0.3, -0.25) is 0 Å². The van der Waals surface area contributed by atoms with E-state index in [1.165, 1.54) is 12.1 Å². The van der Waals surface area contributed by atoms with Crippen LogP contribution in [0.3, 0.4) is 0 Å². The number of aryl methyl sites for hydroxylation is 1. The van der Waals surface area contributed by atoms with Crippen molar-refractivity contribution in [1.82, 2.24) is 4.57 Å². The summed E-state index contributed by atoms with van der Waals surface area (Å²) in [4.78, 5) is 0.0996. The molecule has 1 heterocycles. The Hall–Kier alpha value is -2.08. The molecule has 0 bridgehead atoms. The van der Waals surface area contributed by atoms with Crippen molar-refractivity contribution < 1.29 is 8.42 Å².